The largest absolute Gasteiger partial charge is 0.378 e. The smallest absolute Gasteiger partial charge is 0.220 e. The SMILES string of the molecule is Cc1noc(C)c1CCC(=O)N[C@H]1COC[C@@H]1N1CCCCC1. The van der Waals surface area contributed by atoms with Crippen molar-refractivity contribution in [3.05, 3.63) is 17.0 Å². The van der Waals surface area contributed by atoms with Gasteiger partial charge in [0, 0.05) is 12.0 Å². The summed E-state index contributed by atoms with van der Waals surface area (Å²) in [6, 6.07) is 0.448. The average molecular weight is 321 g/mol. The Bertz CT molecular complexity index is 518. The van der Waals surface area contributed by atoms with E-state index in [1.165, 1.54) is 19.3 Å². The zero-order chi connectivity index (χ0) is 16.2. The minimum Gasteiger partial charge on any atom is -0.378 e. The lowest BCUT2D eigenvalue weighted by atomic mass is 10.0. The van der Waals surface area contributed by atoms with Crippen molar-refractivity contribution in [1.82, 2.24) is 15.4 Å². The summed E-state index contributed by atoms with van der Waals surface area (Å²) in [5, 5.41) is 7.11. The third-order valence-electron chi connectivity index (χ3n) is 5.04. The maximum Gasteiger partial charge on any atom is 0.220 e. The number of aryl methyl sites for hydroxylation is 2. The highest BCUT2D eigenvalue weighted by atomic mass is 16.5. The molecule has 0 unspecified atom stereocenters. The number of ether oxygens (including phenoxy) is 1. The highest BCUT2D eigenvalue weighted by molar-refractivity contribution is 5.76. The molecule has 3 rings (SSSR count). The molecule has 3 heterocycles. The number of piperidine rings is 1. The Morgan fingerprint density at radius 2 is 2.04 bits per heavy atom. The van der Waals surface area contributed by atoms with Crippen LogP contribution in [0, 0.1) is 13.8 Å². The van der Waals surface area contributed by atoms with Crippen molar-refractivity contribution in [2.75, 3.05) is 26.3 Å². The molecule has 0 aliphatic carbocycles. The summed E-state index contributed by atoms with van der Waals surface area (Å²) in [4.78, 5) is 14.8. The molecular weight excluding hydrogens is 294 g/mol. The molecule has 6 nitrogen and oxygen atoms in total. The predicted octanol–water partition coefficient (Wildman–Crippen LogP) is 1.59. The number of rotatable bonds is 5. The Labute approximate surface area is 137 Å². The lowest BCUT2D eigenvalue weighted by Gasteiger charge is -2.34. The van der Waals surface area contributed by atoms with E-state index in [1.807, 2.05) is 13.8 Å². The zero-order valence-corrected chi connectivity index (χ0v) is 14.1. The highest BCUT2D eigenvalue weighted by Gasteiger charge is 2.34. The molecule has 2 fully saturated rings. The Morgan fingerprint density at radius 1 is 1.26 bits per heavy atom. The van der Waals surface area contributed by atoms with E-state index in [0.29, 0.717) is 25.5 Å². The molecule has 1 aromatic heterocycles. The van der Waals surface area contributed by atoms with Crippen LogP contribution in [0.2, 0.25) is 0 Å². The lowest BCUT2D eigenvalue weighted by Crippen LogP contribution is -2.52. The summed E-state index contributed by atoms with van der Waals surface area (Å²) in [6.07, 6.45) is 4.96. The van der Waals surface area contributed by atoms with Crippen molar-refractivity contribution in [2.45, 2.75) is 58.0 Å². The minimum atomic E-state index is 0.0857. The van der Waals surface area contributed by atoms with Gasteiger partial charge in [-0.2, -0.15) is 0 Å². The second-order valence-electron chi connectivity index (χ2n) is 6.68. The molecule has 1 N–H and O–H groups in total. The van der Waals surface area contributed by atoms with Crippen LogP contribution in [0.5, 0.6) is 0 Å². The molecule has 2 atom stereocenters. The molecule has 2 aliphatic rings. The number of nitrogens with one attached hydrogen (secondary N) is 1. The van der Waals surface area contributed by atoms with Crippen LogP contribution < -0.4 is 5.32 Å². The third kappa shape index (κ3) is 3.93. The summed E-state index contributed by atoms with van der Waals surface area (Å²) in [7, 11) is 0. The van der Waals surface area contributed by atoms with Gasteiger partial charge in [0.2, 0.25) is 5.91 Å². The maximum absolute atomic E-state index is 12.3. The van der Waals surface area contributed by atoms with Gasteiger partial charge in [0.1, 0.15) is 5.76 Å². The van der Waals surface area contributed by atoms with Gasteiger partial charge in [0.05, 0.1) is 31.0 Å². The van der Waals surface area contributed by atoms with Gasteiger partial charge in [-0.05, 0) is 46.2 Å². The van der Waals surface area contributed by atoms with Gasteiger partial charge in [-0.25, -0.2) is 0 Å². The summed E-state index contributed by atoms with van der Waals surface area (Å²) in [5.41, 5.74) is 1.93. The monoisotopic (exact) mass is 321 g/mol. The molecule has 2 saturated heterocycles. The van der Waals surface area contributed by atoms with Crippen LogP contribution in [0.3, 0.4) is 0 Å². The second-order valence-corrected chi connectivity index (χ2v) is 6.68. The van der Waals surface area contributed by atoms with Gasteiger partial charge >= 0.3 is 0 Å². The first kappa shape index (κ1) is 16.5. The van der Waals surface area contributed by atoms with Gasteiger partial charge in [0.25, 0.3) is 0 Å². The number of hydrogen-bond acceptors (Lipinski definition) is 5. The Morgan fingerprint density at radius 3 is 2.74 bits per heavy atom. The molecule has 0 aromatic carbocycles. The normalized spacial score (nSPS) is 25.7. The maximum atomic E-state index is 12.3. The van der Waals surface area contributed by atoms with Gasteiger partial charge in [-0.3, -0.25) is 9.69 Å². The fraction of sp³-hybridized carbons (Fsp3) is 0.765. The molecule has 1 aromatic rings. The van der Waals surface area contributed by atoms with Crippen molar-refractivity contribution in [3.63, 3.8) is 0 Å². The molecule has 0 saturated carbocycles. The molecule has 0 radical (unpaired) electrons. The molecular formula is C17H27N3O3. The van der Waals surface area contributed by atoms with Crippen LogP contribution in [0.1, 0.15) is 42.7 Å². The van der Waals surface area contributed by atoms with Crippen molar-refractivity contribution in [3.8, 4) is 0 Å². The Hall–Kier alpha value is -1.40. The van der Waals surface area contributed by atoms with E-state index in [0.717, 1.165) is 36.7 Å². The van der Waals surface area contributed by atoms with E-state index in [4.69, 9.17) is 9.26 Å². The van der Waals surface area contributed by atoms with Crippen LogP contribution in [-0.2, 0) is 16.0 Å². The number of hydrogen-bond donors (Lipinski definition) is 1. The summed E-state index contributed by atoms with van der Waals surface area (Å²) >= 11 is 0. The van der Waals surface area contributed by atoms with Gasteiger partial charge in [-0.1, -0.05) is 11.6 Å². The second kappa shape index (κ2) is 7.45. The number of nitrogens with zero attached hydrogens (tertiary/aromatic N) is 2. The molecule has 6 heteroatoms. The van der Waals surface area contributed by atoms with Crippen LogP contribution in [-0.4, -0.2) is 54.4 Å². The van der Waals surface area contributed by atoms with Gasteiger partial charge < -0.3 is 14.6 Å². The Balaban J connectivity index is 1.50. The van der Waals surface area contributed by atoms with Crippen LogP contribution in [0.15, 0.2) is 4.52 Å². The first-order chi connectivity index (χ1) is 11.1. The summed E-state index contributed by atoms with van der Waals surface area (Å²) in [5.74, 6) is 0.896. The quantitative estimate of drug-likeness (QED) is 0.892. The lowest BCUT2D eigenvalue weighted by molar-refractivity contribution is -0.122. The van der Waals surface area contributed by atoms with Crippen LogP contribution >= 0.6 is 0 Å². The fourth-order valence-electron chi connectivity index (χ4n) is 3.67. The van der Waals surface area contributed by atoms with E-state index in [9.17, 15) is 4.79 Å². The third-order valence-corrected chi connectivity index (χ3v) is 5.04. The van der Waals surface area contributed by atoms with Crippen LogP contribution in [0.4, 0.5) is 0 Å². The average Bonchev–Trinajstić information content (AvgIpc) is 3.13. The van der Waals surface area contributed by atoms with Gasteiger partial charge in [0.15, 0.2) is 0 Å². The minimum absolute atomic E-state index is 0.0857. The van der Waals surface area contributed by atoms with E-state index in [2.05, 4.69) is 15.4 Å². The van der Waals surface area contributed by atoms with Crippen molar-refractivity contribution < 1.29 is 14.1 Å². The molecule has 2 aliphatic heterocycles. The van der Waals surface area contributed by atoms with E-state index < -0.39 is 0 Å². The van der Waals surface area contributed by atoms with E-state index in [-0.39, 0.29) is 11.9 Å². The Kier molecular flexibility index (Phi) is 5.33. The van der Waals surface area contributed by atoms with Crippen molar-refractivity contribution in [2.24, 2.45) is 0 Å². The van der Waals surface area contributed by atoms with E-state index in [1.54, 1.807) is 0 Å². The number of aromatic nitrogens is 1. The molecule has 0 bridgehead atoms. The number of carbonyl (C=O) groups excluding carboxylic acids is 1. The van der Waals surface area contributed by atoms with Crippen molar-refractivity contribution in [1.29, 1.82) is 0 Å². The summed E-state index contributed by atoms with van der Waals surface area (Å²) < 4.78 is 10.8. The molecule has 128 valence electrons. The van der Waals surface area contributed by atoms with Crippen LogP contribution in [0.25, 0.3) is 0 Å². The first-order valence-electron chi connectivity index (χ1n) is 8.68. The standard InChI is InChI=1S/C17H27N3O3/c1-12-14(13(2)23-19-12)6-7-17(21)18-15-10-22-11-16(15)20-8-4-3-5-9-20/h15-16H,3-11H2,1-2H3,(H,18,21)/t15-,16-/m0/s1. The topological polar surface area (TPSA) is 67.6 Å². The molecule has 0 spiro atoms. The number of carbonyl (C=O) groups is 1. The highest BCUT2D eigenvalue weighted by Crippen LogP contribution is 2.19. The van der Waals surface area contributed by atoms with E-state index >= 15 is 0 Å². The predicted molar refractivity (Wildman–Crippen MR) is 86.3 cm³/mol. The number of amides is 1. The van der Waals surface area contributed by atoms with Crippen molar-refractivity contribution >= 4 is 5.91 Å². The molecule has 1 amide bonds. The summed E-state index contributed by atoms with van der Waals surface area (Å²) in [6.45, 7) is 7.41. The molecule has 23 heavy (non-hydrogen) atoms. The van der Waals surface area contributed by atoms with Gasteiger partial charge in [-0.15, -0.1) is 0 Å². The first-order valence-corrected chi connectivity index (χ1v) is 8.68. The zero-order valence-electron chi connectivity index (χ0n) is 14.1. The fourth-order valence-corrected chi connectivity index (χ4v) is 3.67. The number of likely N-dealkylation sites (tertiary alicyclic amines) is 1.